The van der Waals surface area contributed by atoms with E-state index < -0.39 is 23.5 Å². The number of benzene rings is 1. The van der Waals surface area contributed by atoms with Crippen LogP contribution < -0.4 is 4.57 Å². The van der Waals surface area contributed by atoms with Crippen LogP contribution in [-0.2, 0) is 11.8 Å². The lowest BCUT2D eigenvalue weighted by Crippen LogP contribution is -2.37. The van der Waals surface area contributed by atoms with E-state index >= 15 is 0 Å². The van der Waals surface area contributed by atoms with E-state index in [2.05, 4.69) is 0 Å². The molecular weight excluding hydrogens is 294 g/mol. The van der Waals surface area contributed by atoms with Crippen LogP contribution in [0, 0.1) is 25.5 Å². The molecule has 0 aliphatic carbocycles. The molecule has 1 atom stereocenters. The summed E-state index contributed by atoms with van der Waals surface area (Å²) in [6.45, 7) is 3.45. The summed E-state index contributed by atoms with van der Waals surface area (Å²) in [5.41, 5.74) is 1.58. The fraction of sp³-hybridized carbons (Fsp3) is 0.333. The van der Waals surface area contributed by atoms with Crippen LogP contribution in [0.1, 0.15) is 35.1 Å². The number of nitrogens with zero attached hydrogens (tertiary/aromatic N) is 2. The van der Waals surface area contributed by atoms with Crippen LogP contribution in [0.3, 0.4) is 0 Å². The quantitative estimate of drug-likeness (QED) is 0.671. The smallest absolute Gasteiger partial charge is 0.304 e. The molecule has 0 amide bonds. The number of carboxylic acids is 1. The van der Waals surface area contributed by atoms with Gasteiger partial charge in [-0.3, -0.25) is 4.79 Å². The maximum atomic E-state index is 13.5. The van der Waals surface area contributed by atoms with Gasteiger partial charge >= 0.3 is 11.8 Å². The molecule has 0 bridgehead atoms. The van der Waals surface area contributed by atoms with Gasteiger partial charge in [0.2, 0.25) is 0 Å². The van der Waals surface area contributed by atoms with Gasteiger partial charge in [-0.2, -0.15) is 0 Å². The van der Waals surface area contributed by atoms with E-state index in [1.165, 1.54) is 6.07 Å². The molecule has 0 fully saturated rings. The number of hydrogen-bond acceptors (Lipinski definition) is 2. The molecule has 0 spiro atoms. The highest BCUT2D eigenvalue weighted by Gasteiger charge is 2.34. The van der Waals surface area contributed by atoms with Crippen LogP contribution in [0.2, 0.25) is 0 Å². The van der Waals surface area contributed by atoms with Crippen molar-refractivity contribution in [2.24, 2.45) is 7.05 Å². The number of hydrogen-bond donors (Lipinski definition) is 2. The fourth-order valence-electron chi connectivity index (χ4n) is 2.53. The molecule has 2 rings (SSSR count). The van der Waals surface area contributed by atoms with Gasteiger partial charge in [0.1, 0.15) is 5.69 Å². The number of aromatic nitrogens is 2. The van der Waals surface area contributed by atoms with Crippen molar-refractivity contribution >= 4 is 5.97 Å². The molecule has 5 nitrogen and oxygen atoms in total. The molecule has 7 heteroatoms. The predicted octanol–water partition coefficient (Wildman–Crippen LogP) is 2.05. The van der Waals surface area contributed by atoms with Crippen molar-refractivity contribution in [3.63, 3.8) is 0 Å². The Hall–Kier alpha value is -2.44. The van der Waals surface area contributed by atoms with Gasteiger partial charge < -0.3 is 10.3 Å². The van der Waals surface area contributed by atoms with Gasteiger partial charge in [-0.25, -0.2) is 13.3 Å². The first-order chi connectivity index (χ1) is 10.2. The Morgan fingerprint density at radius 3 is 2.41 bits per heavy atom. The van der Waals surface area contributed by atoms with E-state index in [1.807, 2.05) is 0 Å². The van der Waals surface area contributed by atoms with E-state index in [4.69, 9.17) is 5.11 Å². The number of carboxylic acid groups (broad SMARTS) is 1. The summed E-state index contributed by atoms with van der Waals surface area (Å²) in [7, 11) is 1.68. The van der Waals surface area contributed by atoms with Gasteiger partial charge in [0.05, 0.1) is 19.4 Å². The number of carbonyl (C=O) groups is 1. The minimum absolute atomic E-state index is 0.282. The lowest BCUT2D eigenvalue weighted by molar-refractivity contribution is -0.686. The Morgan fingerprint density at radius 2 is 1.95 bits per heavy atom. The number of aliphatic carboxylic acids is 1. The van der Waals surface area contributed by atoms with Crippen LogP contribution in [-0.4, -0.2) is 21.0 Å². The summed E-state index contributed by atoms with van der Waals surface area (Å²) in [4.78, 5) is 11.2. The lowest BCUT2D eigenvalue weighted by Gasteiger charge is -2.12. The second kappa shape index (κ2) is 5.75. The Kier molecular flexibility index (Phi) is 4.16. The standard InChI is InChI=1S/C15H16F2N2O3/c1-8-9(2)19(22)15(18(8)3)11(7-14(20)21)10-4-5-12(16)13(17)6-10/h4-6,11H,7H2,1-3H3,(H-,20,21,22)/p+1/t11-/m0/s1. The van der Waals surface area contributed by atoms with Crippen molar-refractivity contribution < 1.29 is 28.5 Å². The molecule has 2 aromatic rings. The molecule has 2 N–H and O–H groups in total. The highest BCUT2D eigenvalue weighted by atomic mass is 19.2. The van der Waals surface area contributed by atoms with Gasteiger partial charge in [-0.1, -0.05) is 6.07 Å². The molecule has 0 unspecified atom stereocenters. The van der Waals surface area contributed by atoms with Gasteiger partial charge in [-0.15, -0.1) is 0 Å². The lowest BCUT2D eigenvalue weighted by atomic mass is 9.94. The Labute approximate surface area is 126 Å². The summed E-state index contributed by atoms with van der Waals surface area (Å²) in [5, 5.41) is 19.3. The monoisotopic (exact) mass is 311 g/mol. The molecular formula is C15H17F2N2O3+. The second-order valence-corrected chi connectivity index (χ2v) is 5.22. The normalized spacial score (nSPS) is 12.4. The Balaban J connectivity index is 2.63. The minimum Gasteiger partial charge on any atom is -0.481 e. The van der Waals surface area contributed by atoms with E-state index in [9.17, 15) is 18.8 Å². The number of halogens is 2. The molecule has 0 radical (unpaired) electrons. The Morgan fingerprint density at radius 1 is 1.32 bits per heavy atom. The van der Waals surface area contributed by atoms with Gasteiger partial charge in [0.25, 0.3) is 0 Å². The van der Waals surface area contributed by atoms with Crippen LogP contribution in [0.4, 0.5) is 8.78 Å². The highest BCUT2D eigenvalue weighted by Crippen LogP contribution is 2.28. The van der Waals surface area contributed by atoms with E-state index in [0.29, 0.717) is 11.5 Å². The molecule has 0 aliphatic heterocycles. The summed E-state index contributed by atoms with van der Waals surface area (Å²) >= 11 is 0. The molecule has 1 aromatic heterocycles. The molecule has 0 aliphatic rings. The second-order valence-electron chi connectivity index (χ2n) is 5.22. The summed E-state index contributed by atoms with van der Waals surface area (Å²) in [5.74, 6) is -3.68. The van der Waals surface area contributed by atoms with Crippen LogP contribution in [0.15, 0.2) is 18.2 Å². The Bertz CT molecular complexity index is 715. The first kappa shape index (κ1) is 15.9. The van der Waals surface area contributed by atoms with Gasteiger partial charge in [0, 0.05) is 13.8 Å². The minimum atomic E-state index is -1.11. The summed E-state index contributed by atoms with van der Waals surface area (Å²) in [6.07, 6.45) is -0.359. The highest BCUT2D eigenvalue weighted by molar-refractivity contribution is 5.68. The molecule has 22 heavy (non-hydrogen) atoms. The van der Waals surface area contributed by atoms with E-state index in [1.54, 1.807) is 25.5 Å². The van der Waals surface area contributed by atoms with Crippen LogP contribution in [0.5, 0.6) is 0 Å². The first-order valence-electron chi connectivity index (χ1n) is 6.67. The molecule has 0 saturated carbocycles. The van der Waals surface area contributed by atoms with Crippen molar-refractivity contribution in [3.05, 3.63) is 52.6 Å². The van der Waals surface area contributed by atoms with Crippen molar-refractivity contribution in [1.82, 2.24) is 4.73 Å². The van der Waals surface area contributed by atoms with Gasteiger partial charge in [-0.05, 0) is 22.4 Å². The maximum absolute atomic E-state index is 13.5. The zero-order valence-electron chi connectivity index (χ0n) is 12.5. The van der Waals surface area contributed by atoms with Crippen molar-refractivity contribution in [3.8, 4) is 0 Å². The average molecular weight is 311 g/mol. The fourth-order valence-corrected chi connectivity index (χ4v) is 2.53. The van der Waals surface area contributed by atoms with Gasteiger partial charge in [0.15, 0.2) is 17.3 Å². The average Bonchev–Trinajstić information content (AvgIpc) is 2.64. The molecule has 1 aromatic carbocycles. The van der Waals surface area contributed by atoms with Crippen LogP contribution >= 0.6 is 0 Å². The summed E-state index contributed by atoms with van der Waals surface area (Å²) in [6, 6.07) is 3.23. The molecule has 118 valence electrons. The number of imidazole rings is 1. The third-order valence-electron chi connectivity index (χ3n) is 3.94. The van der Waals surface area contributed by atoms with Crippen molar-refractivity contribution in [2.75, 3.05) is 0 Å². The third kappa shape index (κ3) is 2.66. The SMILES string of the molecule is Cc1c(C)[n+](C)c([C@@H](CC(=O)O)c2ccc(F)c(F)c2)n1O. The van der Waals surface area contributed by atoms with Crippen molar-refractivity contribution in [2.45, 2.75) is 26.2 Å². The first-order valence-corrected chi connectivity index (χ1v) is 6.67. The zero-order valence-corrected chi connectivity index (χ0v) is 12.5. The maximum Gasteiger partial charge on any atom is 0.304 e. The topological polar surface area (TPSA) is 66.3 Å². The largest absolute Gasteiger partial charge is 0.481 e. The third-order valence-corrected chi connectivity index (χ3v) is 3.94. The predicted molar refractivity (Wildman–Crippen MR) is 72.7 cm³/mol. The number of rotatable bonds is 4. The van der Waals surface area contributed by atoms with Crippen LogP contribution in [0.25, 0.3) is 0 Å². The van der Waals surface area contributed by atoms with E-state index in [0.717, 1.165) is 22.6 Å². The molecule has 0 saturated heterocycles. The van der Waals surface area contributed by atoms with Crippen molar-refractivity contribution in [1.29, 1.82) is 0 Å². The summed E-state index contributed by atoms with van der Waals surface area (Å²) < 4.78 is 29.1. The molecule has 1 heterocycles. The van der Waals surface area contributed by atoms with E-state index in [-0.39, 0.29) is 12.0 Å². The zero-order chi connectivity index (χ0) is 16.6.